The van der Waals surface area contributed by atoms with E-state index in [1.807, 2.05) is 20.8 Å². The second-order valence-corrected chi connectivity index (χ2v) is 9.18. The third kappa shape index (κ3) is 7.08. The summed E-state index contributed by atoms with van der Waals surface area (Å²) in [6.07, 6.45) is 1.77. The number of carbonyl (C=O) groups is 1. The Kier molecular flexibility index (Phi) is 8.58. The van der Waals surface area contributed by atoms with Crippen LogP contribution in [0.25, 0.3) is 0 Å². The van der Waals surface area contributed by atoms with Gasteiger partial charge in [0.15, 0.2) is 11.5 Å². The number of benzene rings is 2. The van der Waals surface area contributed by atoms with Gasteiger partial charge in [-0.1, -0.05) is 31.5 Å². The topological polar surface area (TPSA) is 106 Å². The van der Waals surface area contributed by atoms with Crippen LogP contribution in [-0.4, -0.2) is 40.8 Å². The molecule has 0 aliphatic heterocycles. The van der Waals surface area contributed by atoms with Gasteiger partial charge in [-0.2, -0.15) is 9.82 Å². The zero-order valence-corrected chi connectivity index (χ0v) is 19.2. The van der Waals surface area contributed by atoms with Gasteiger partial charge in [0.05, 0.1) is 25.3 Å². The predicted molar refractivity (Wildman–Crippen MR) is 120 cm³/mol. The van der Waals surface area contributed by atoms with Crippen molar-refractivity contribution in [1.82, 2.24) is 10.1 Å². The zero-order valence-electron chi connectivity index (χ0n) is 18.4. The first kappa shape index (κ1) is 24.4. The molecule has 0 spiro atoms. The number of aryl methyl sites for hydroxylation is 1. The Morgan fingerprint density at radius 1 is 1.06 bits per heavy atom. The van der Waals surface area contributed by atoms with E-state index in [1.165, 1.54) is 25.5 Å². The molecule has 2 N–H and O–H groups in total. The highest BCUT2D eigenvalue weighted by atomic mass is 32.2. The third-order valence-corrected chi connectivity index (χ3v) is 5.94. The number of hydrogen-bond acceptors (Lipinski definition) is 6. The van der Waals surface area contributed by atoms with E-state index in [1.54, 1.807) is 37.4 Å². The van der Waals surface area contributed by atoms with Crippen LogP contribution in [0.1, 0.15) is 31.4 Å². The summed E-state index contributed by atoms with van der Waals surface area (Å²) in [5.41, 5.74) is 4.04. The van der Waals surface area contributed by atoms with Gasteiger partial charge in [-0.05, 0) is 55.2 Å². The van der Waals surface area contributed by atoms with E-state index in [2.05, 4.69) is 15.2 Å². The van der Waals surface area contributed by atoms with Gasteiger partial charge < -0.3 is 9.47 Å². The minimum absolute atomic E-state index is 0.0892. The minimum Gasteiger partial charge on any atom is -0.493 e. The highest BCUT2D eigenvalue weighted by Crippen LogP contribution is 2.26. The molecule has 0 saturated heterocycles. The number of sulfonamides is 1. The Hall–Kier alpha value is -2.91. The number of nitrogens with one attached hydrogen (secondary N) is 2. The Morgan fingerprint density at radius 2 is 1.71 bits per heavy atom. The molecule has 8 nitrogen and oxygen atoms in total. The van der Waals surface area contributed by atoms with Crippen molar-refractivity contribution in [1.29, 1.82) is 0 Å². The first-order valence-electron chi connectivity index (χ1n) is 9.80. The van der Waals surface area contributed by atoms with Crippen LogP contribution in [0.4, 0.5) is 0 Å². The lowest BCUT2D eigenvalue weighted by Gasteiger charge is -2.19. The van der Waals surface area contributed by atoms with Gasteiger partial charge in [-0.3, -0.25) is 4.79 Å². The van der Waals surface area contributed by atoms with E-state index < -0.39 is 22.0 Å². The maximum atomic E-state index is 12.7. The number of carbonyl (C=O) groups excluding carboxylic acids is 1. The molecule has 0 bridgehead atoms. The maximum Gasteiger partial charge on any atom is 0.258 e. The first-order chi connectivity index (χ1) is 14.7. The predicted octanol–water partition coefficient (Wildman–Crippen LogP) is 2.86. The highest BCUT2D eigenvalue weighted by Gasteiger charge is 2.26. The summed E-state index contributed by atoms with van der Waals surface area (Å²) in [4.78, 5) is 12.8. The Morgan fingerprint density at radius 3 is 2.29 bits per heavy atom. The van der Waals surface area contributed by atoms with Crippen LogP contribution in [0.3, 0.4) is 0 Å². The molecule has 0 fully saturated rings. The first-order valence-corrected chi connectivity index (χ1v) is 11.3. The van der Waals surface area contributed by atoms with Gasteiger partial charge in [-0.25, -0.2) is 13.8 Å². The molecule has 0 unspecified atom stereocenters. The van der Waals surface area contributed by atoms with Crippen LogP contribution < -0.4 is 19.6 Å². The second kappa shape index (κ2) is 10.9. The van der Waals surface area contributed by atoms with E-state index in [0.29, 0.717) is 23.5 Å². The molecule has 2 rings (SSSR count). The number of amides is 1. The number of ether oxygens (including phenoxy) is 2. The van der Waals surface area contributed by atoms with E-state index >= 15 is 0 Å². The van der Waals surface area contributed by atoms with Crippen molar-refractivity contribution >= 4 is 22.1 Å². The fourth-order valence-electron chi connectivity index (χ4n) is 2.83. The molecule has 9 heteroatoms. The molecule has 2 aromatic rings. The summed E-state index contributed by atoms with van der Waals surface area (Å²) < 4.78 is 38.3. The Labute approximate surface area is 183 Å². The van der Waals surface area contributed by atoms with Crippen molar-refractivity contribution in [3.63, 3.8) is 0 Å². The molecular weight excluding hydrogens is 418 g/mol. The number of rotatable bonds is 10. The van der Waals surface area contributed by atoms with Gasteiger partial charge in [0.2, 0.25) is 10.0 Å². The molecule has 2 aromatic carbocycles. The van der Waals surface area contributed by atoms with Crippen LogP contribution >= 0.6 is 0 Å². The standard InChI is InChI=1S/C22H29N3O5S/c1-15(2)12-19(25-31(27,28)18-9-6-16(3)7-10-18)22(26)24-23-14-17-8-11-20(29-4)21(13-17)30-5/h6-11,13-15,19,25H,12H2,1-5H3,(H,24,26)/b23-14-/t19-/m1/s1. The average Bonchev–Trinajstić information content (AvgIpc) is 2.72. The summed E-state index contributed by atoms with van der Waals surface area (Å²) >= 11 is 0. The van der Waals surface area contributed by atoms with E-state index in [4.69, 9.17) is 9.47 Å². The lowest BCUT2D eigenvalue weighted by Crippen LogP contribution is -2.46. The molecular formula is C22H29N3O5S. The van der Waals surface area contributed by atoms with Gasteiger partial charge in [-0.15, -0.1) is 0 Å². The molecule has 1 amide bonds. The number of hydrazone groups is 1. The summed E-state index contributed by atoms with van der Waals surface area (Å²) in [6.45, 7) is 5.69. The number of nitrogens with zero attached hydrogens (tertiary/aromatic N) is 1. The van der Waals surface area contributed by atoms with Crippen LogP contribution in [0, 0.1) is 12.8 Å². The normalized spacial score (nSPS) is 12.7. The van der Waals surface area contributed by atoms with E-state index in [-0.39, 0.29) is 10.8 Å². The van der Waals surface area contributed by atoms with Crippen molar-refractivity contribution in [2.45, 2.75) is 38.1 Å². The summed E-state index contributed by atoms with van der Waals surface area (Å²) in [7, 11) is -0.789. The fourth-order valence-corrected chi connectivity index (χ4v) is 4.04. The van der Waals surface area contributed by atoms with Crippen molar-refractivity contribution in [2.24, 2.45) is 11.0 Å². The van der Waals surface area contributed by atoms with E-state index in [0.717, 1.165) is 5.56 Å². The highest BCUT2D eigenvalue weighted by molar-refractivity contribution is 7.89. The Bertz CT molecular complexity index is 1020. The SMILES string of the molecule is COc1ccc(/C=N\NC(=O)[C@@H](CC(C)C)NS(=O)(=O)c2ccc(C)cc2)cc1OC. The molecule has 1 atom stereocenters. The van der Waals surface area contributed by atoms with Crippen LogP contribution in [-0.2, 0) is 14.8 Å². The number of hydrogen-bond donors (Lipinski definition) is 2. The maximum absolute atomic E-state index is 12.7. The van der Waals surface area contributed by atoms with Gasteiger partial charge in [0, 0.05) is 0 Å². The molecule has 168 valence electrons. The summed E-state index contributed by atoms with van der Waals surface area (Å²) in [5.74, 6) is 0.653. The minimum atomic E-state index is -3.85. The summed E-state index contributed by atoms with van der Waals surface area (Å²) in [5, 5.41) is 3.96. The molecule has 0 radical (unpaired) electrons. The zero-order chi connectivity index (χ0) is 23.0. The van der Waals surface area contributed by atoms with E-state index in [9.17, 15) is 13.2 Å². The lowest BCUT2D eigenvalue weighted by atomic mass is 10.0. The largest absolute Gasteiger partial charge is 0.493 e. The van der Waals surface area contributed by atoms with Gasteiger partial charge in [0.25, 0.3) is 5.91 Å². The fraction of sp³-hybridized carbons (Fsp3) is 0.364. The quantitative estimate of drug-likeness (QED) is 0.430. The van der Waals surface area contributed by atoms with Crippen molar-refractivity contribution in [3.05, 3.63) is 53.6 Å². The molecule has 0 saturated carbocycles. The molecule has 0 aromatic heterocycles. The number of methoxy groups -OCH3 is 2. The van der Waals surface area contributed by atoms with Crippen molar-refractivity contribution in [3.8, 4) is 11.5 Å². The van der Waals surface area contributed by atoms with Gasteiger partial charge >= 0.3 is 0 Å². The van der Waals surface area contributed by atoms with Crippen molar-refractivity contribution in [2.75, 3.05) is 14.2 Å². The Balaban J connectivity index is 2.12. The molecule has 31 heavy (non-hydrogen) atoms. The molecule has 0 aliphatic rings. The van der Waals surface area contributed by atoms with Crippen LogP contribution in [0.5, 0.6) is 11.5 Å². The molecule has 0 heterocycles. The van der Waals surface area contributed by atoms with Crippen LogP contribution in [0.15, 0.2) is 52.5 Å². The summed E-state index contributed by atoms with van der Waals surface area (Å²) in [6, 6.07) is 10.7. The monoisotopic (exact) mass is 447 g/mol. The second-order valence-electron chi connectivity index (χ2n) is 7.47. The lowest BCUT2D eigenvalue weighted by molar-refractivity contribution is -0.123. The van der Waals surface area contributed by atoms with Crippen LogP contribution in [0.2, 0.25) is 0 Å². The van der Waals surface area contributed by atoms with Crippen molar-refractivity contribution < 1.29 is 22.7 Å². The third-order valence-electron chi connectivity index (χ3n) is 4.45. The molecule has 0 aliphatic carbocycles. The van der Waals surface area contributed by atoms with Gasteiger partial charge in [0.1, 0.15) is 6.04 Å². The smallest absolute Gasteiger partial charge is 0.258 e. The average molecular weight is 448 g/mol.